The molecule has 3 aromatic heterocycles. The van der Waals surface area contributed by atoms with Gasteiger partial charge in [0.25, 0.3) is 0 Å². The lowest BCUT2D eigenvalue weighted by Gasteiger charge is -2.28. The van der Waals surface area contributed by atoms with Crippen molar-refractivity contribution in [2.24, 2.45) is 0 Å². The predicted octanol–water partition coefficient (Wildman–Crippen LogP) is 3.12. The topological polar surface area (TPSA) is 75.5 Å². The SMILES string of the molecule is C(=C\c1n[nH]c2c1CN(c1cc(-n3cccn3)ncn1)CC2)/c1ccccc1. The van der Waals surface area contributed by atoms with Gasteiger partial charge in [-0.25, -0.2) is 14.6 Å². The van der Waals surface area contributed by atoms with E-state index in [0.717, 1.165) is 42.4 Å². The Morgan fingerprint density at radius 1 is 1.00 bits per heavy atom. The number of benzene rings is 1. The van der Waals surface area contributed by atoms with E-state index in [-0.39, 0.29) is 0 Å². The van der Waals surface area contributed by atoms with Gasteiger partial charge in [-0.1, -0.05) is 36.4 Å². The molecule has 0 saturated carbocycles. The molecule has 0 spiro atoms. The summed E-state index contributed by atoms with van der Waals surface area (Å²) in [6.45, 7) is 1.64. The minimum absolute atomic E-state index is 0.760. The monoisotopic (exact) mass is 369 g/mol. The molecule has 28 heavy (non-hydrogen) atoms. The second-order valence-electron chi connectivity index (χ2n) is 6.67. The Morgan fingerprint density at radius 3 is 2.75 bits per heavy atom. The highest BCUT2D eigenvalue weighted by Gasteiger charge is 2.22. The zero-order valence-electron chi connectivity index (χ0n) is 15.2. The van der Waals surface area contributed by atoms with Gasteiger partial charge < -0.3 is 4.90 Å². The van der Waals surface area contributed by atoms with Gasteiger partial charge in [0.15, 0.2) is 5.82 Å². The molecule has 5 rings (SSSR count). The van der Waals surface area contributed by atoms with Crippen LogP contribution in [-0.2, 0) is 13.0 Å². The van der Waals surface area contributed by atoms with E-state index in [2.05, 4.69) is 54.4 Å². The maximum atomic E-state index is 4.51. The average molecular weight is 369 g/mol. The summed E-state index contributed by atoms with van der Waals surface area (Å²) in [6.07, 6.45) is 10.3. The van der Waals surface area contributed by atoms with Crippen molar-refractivity contribution in [3.63, 3.8) is 0 Å². The molecule has 0 atom stereocenters. The van der Waals surface area contributed by atoms with E-state index in [1.165, 1.54) is 11.3 Å². The summed E-state index contributed by atoms with van der Waals surface area (Å²) in [5.74, 6) is 1.66. The summed E-state index contributed by atoms with van der Waals surface area (Å²) in [5, 5.41) is 12.0. The standard InChI is InChI=1S/C21H19N7/c1-2-5-16(6-3-1)7-8-18-17-14-27(12-9-19(17)26-25-18)20-13-21(23-15-22-20)28-11-4-10-24-28/h1-8,10-11,13,15H,9,12,14H2,(H,25,26)/b8-7+. The van der Waals surface area contributed by atoms with Crippen LogP contribution in [0.3, 0.4) is 0 Å². The van der Waals surface area contributed by atoms with Gasteiger partial charge >= 0.3 is 0 Å². The van der Waals surface area contributed by atoms with Crippen molar-refractivity contribution in [3.05, 3.63) is 83.7 Å². The predicted molar refractivity (Wildman–Crippen MR) is 108 cm³/mol. The van der Waals surface area contributed by atoms with Gasteiger partial charge in [0.05, 0.1) is 5.69 Å². The van der Waals surface area contributed by atoms with Gasteiger partial charge in [-0.05, 0) is 17.7 Å². The van der Waals surface area contributed by atoms with Crippen LogP contribution in [-0.4, -0.2) is 36.5 Å². The molecule has 0 fully saturated rings. The van der Waals surface area contributed by atoms with Crippen molar-refractivity contribution < 1.29 is 0 Å². The normalized spacial score (nSPS) is 13.8. The van der Waals surface area contributed by atoms with Gasteiger partial charge in [0.1, 0.15) is 12.1 Å². The molecule has 0 aliphatic carbocycles. The Balaban J connectivity index is 1.40. The van der Waals surface area contributed by atoms with E-state index in [9.17, 15) is 0 Å². The van der Waals surface area contributed by atoms with E-state index in [0.29, 0.717) is 0 Å². The Labute approximate surface area is 162 Å². The van der Waals surface area contributed by atoms with E-state index in [1.807, 2.05) is 36.5 Å². The number of hydrogen-bond acceptors (Lipinski definition) is 5. The van der Waals surface area contributed by atoms with Crippen molar-refractivity contribution in [2.45, 2.75) is 13.0 Å². The zero-order chi connectivity index (χ0) is 18.8. The molecular weight excluding hydrogens is 350 g/mol. The van der Waals surface area contributed by atoms with Crippen molar-refractivity contribution >= 4 is 18.0 Å². The Bertz CT molecular complexity index is 1100. The molecule has 0 unspecified atom stereocenters. The summed E-state index contributed by atoms with van der Waals surface area (Å²) < 4.78 is 1.74. The molecule has 1 aliphatic rings. The first-order valence-corrected chi connectivity index (χ1v) is 9.23. The number of rotatable bonds is 4. The Hall–Kier alpha value is -3.74. The van der Waals surface area contributed by atoms with Crippen LogP contribution in [0.5, 0.6) is 0 Å². The van der Waals surface area contributed by atoms with Gasteiger partial charge in [-0.2, -0.15) is 10.2 Å². The summed E-state index contributed by atoms with van der Waals surface area (Å²) in [4.78, 5) is 11.1. The molecule has 0 radical (unpaired) electrons. The highest BCUT2D eigenvalue weighted by atomic mass is 15.3. The van der Waals surface area contributed by atoms with Crippen LogP contribution in [0.4, 0.5) is 5.82 Å². The van der Waals surface area contributed by atoms with Crippen molar-refractivity contribution in [3.8, 4) is 5.82 Å². The van der Waals surface area contributed by atoms with E-state index < -0.39 is 0 Å². The molecule has 0 bridgehead atoms. The summed E-state index contributed by atoms with van der Waals surface area (Å²) in [6, 6.07) is 14.1. The first-order valence-electron chi connectivity index (χ1n) is 9.23. The number of anilines is 1. The number of nitrogens with one attached hydrogen (secondary N) is 1. The molecule has 138 valence electrons. The smallest absolute Gasteiger partial charge is 0.158 e. The van der Waals surface area contributed by atoms with E-state index in [1.54, 1.807) is 17.2 Å². The third-order valence-electron chi connectivity index (χ3n) is 4.90. The van der Waals surface area contributed by atoms with Gasteiger partial charge in [-0.3, -0.25) is 5.10 Å². The van der Waals surface area contributed by atoms with Crippen LogP contribution in [0.1, 0.15) is 22.5 Å². The molecule has 1 aromatic carbocycles. The highest BCUT2D eigenvalue weighted by Crippen LogP contribution is 2.25. The molecule has 0 saturated heterocycles. The largest absolute Gasteiger partial charge is 0.352 e. The van der Waals surface area contributed by atoms with Crippen LogP contribution in [0.25, 0.3) is 18.0 Å². The average Bonchev–Trinajstić information content (AvgIpc) is 3.43. The number of nitrogens with zero attached hydrogens (tertiary/aromatic N) is 6. The number of H-pyrrole nitrogens is 1. The number of hydrogen-bond donors (Lipinski definition) is 1. The molecule has 1 N–H and O–H groups in total. The van der Waals surface area contributed by atoms with Gasteiger partial charge in [-0.15, -0.1) is 0 Å². The second-order valence-corrected chi connectivity index (χ2v) is 6.67. The first-order chi connectivity index (χ1) is 13.9. The van der Waals surface area contributed by atoms with Crippen LogP contribution in [0, 0.1) is 0 Å². The first kappa shape index (κ1) is 16.4. The summed E-state index contributed by atoms with van der Waals surface area (Å²) in [5.41, 5.74) is 4.56. The minimum atomic E-state index is 0.760. The molecule has 7 nitrogen and oxygen atoms in total. The molecule has 0 amide bonds. The highest BCUT2D eigenvalue weighted by molar-refractivity contribution is 5.70. The fraction of sp³-hybridized carbons (Fsp3) is 0.143. The summed E-state index contributed by atoms with van der Waals surface area (Å²) >= 11 is 0. The maximum absolute atomic E-state index is 4.51. The van der Waals surface area contributed by atoms with Crippen molar-refractivity contribution in [2.75, 3.05) is 11.4 Å². The van der Waals surface area contributed by atoms with Crippen LogP contribution >= 0.6 is 0 Å². The molecule has 4 heterocycles. The van der Waals surface area contributed by atoms with Crippen LogP contribution in [0.15, 0.2) is 61.2 Å². The molecule has 4 aromatic rings. The lowest BCUT2D eigenvalue weighted by atomic mass is 10.0. The maximum Gasteiger partial charge on any atom is 0.158 e. The molecule has 1 aliphatic heterocycles. The van der Waals surface area contributed by atoms with Crippen molar-refractivity contribution in [1.29, 1.82) is 0 Å². The Morgan fingerprint density at radius 2 is 1.89 bits per heavy atom. The third kappa shape index (κ3) is 3.18. The quantitative estimate of drug-likeness (QED) is 0.598. The lowest BCUT2D eigenvalue weighted by Crippen LogP contribution is -2.31. The number of aromatic nitrogens is 6. The van der Waals surface area contributed by atoms with Gasteiger partial charge in [0.2, 0.25) is 0 Å². The van der Waals surface area contributed by atoms with Crippen LogP contribution in [0.2, 0.25) is 0 Å². The Kier molecular flexibility index (Phi) is 4.17. The second kappa shape index (κ2) is 7.11. The number of fused-ring (bicyclic) bond motifs is 1. The lowest BCUT2D eigenvalue weighted by molar-refractivity contribution is 0.706. The van der Waals surface area contributed by atoms with Crippen molar-refractivity contribution in [1.82, 2.24) is 29.9 Å². The minimum Gasteiger partial charge on any atom is -0.352 e. The molecule has 7 heteroatoms. The number of aromatic amines is 1. The van der Waals surface area contributed by atoms with Crippen LogP contribution < -0.4 is 4.90 Å². The fourth-order valence-electron chi connectivity index (χ4n) is 3.43. The van der Waals surface area contributed by atoms with Gasteiger partial charge in [0, 0.05) is 49.2 Å². The summed E-state index contributed by atoms with van der Waals surface area (Å²) in [7, 11) is 0. The van der Waals surface area contributed by atoms with E-state index in [4.69, 9.17) is 0 Å². The fourth-order valence-corrected chi connectivity index (χ4v) is 3.43. The zero-order valence-corrected chi connectivity index (χ0v) is 15.2. The molecular formula is C21H19N7. The van der Waals surface area contributed by atoms with E-state index >= 15 is 0 Å². The third-order valence-corrected chi connectivity index (χ3v) is 4.90.